The molecule has 2 aromatic carbocycles. The Bertz CT molecular complexity index is 961. The first-order valence-electron chi connectivity index (χ1n) is 10.2. The van der Waals surface area contributed by atoms with Gasteiger partial charge in [-0.05, 0) is 62.4 Å². The first-order valence-corrected chi connectivity index (χ1v) is 13.0. The van der Waals surface area contributed by atoms with Crippen molar-refractivity contribution in [2.24, 2.45) is 0 Å². The van der Waals surface area contributed by atoms with Gasteiger partial charge < -0.3 is 20.1 Å². The van der Waals surface area contributed by atoms with E-state index in [1.165, 1.54) is 34.9 Å². The van der Waals surface area contributed by atoms with Crippen molar-refractivity contribution in [3.63, 3.8) is 0 Å². The number of nitrogens with one attached hydrogen (secondary N) is 2. The van der Waals surface area contributed by atoms with Gasteiger partial charge >= 0.3 is 0 Å². The van der Waals surface area contributed by atoms with Crippen molar-refractivity contribution in [2.45, 2.75) is 22.5 Å². The van der Waals surface area contributed by atoms with E-state index in [2.05, 4.69) is 20.8 Å². The van der Waals surface area contributed by atoms with Crippen LogP contribution in [0.1, 0.15) is 13.8 Å². The van der Waals surface area contributed by atoms with Gasteiger partial charge in [0.1, 0.15) is 11.5 Å². The Morgan fingerprint density at radius 1 is 0.758 bits per heavy atom. The highest BCUT2D eigenvalue weighted by atomic mass is 32.2. The lowest BCUT2D eigenvalue weighted by atomic mass is 10.3. The Morgan fingerprint density at radius 3 is 1.52 bits per heavy atom. The lowest BCUT2D eigenvalue weighted by Gasteiger charge is -2.06. The van der Waals surface area contributed by atoms with Crippen LogP contribution >= 0.6 is 34.9 Å². The highest BCUT2D eigenvalue weighted by molar-refractivity contribution is 8.03. The fourth-order valence-corrected chi connectivity index (χ4v) is 5.18. The van der Waals surface area contributed by atoms with Gasteiger partial charge in [0.05, 0.1) is 24.7 Å². The largest absolute Gasteiger partial charge is 0.494 e. The summed E-state index contributed by atoms with van der Waals surface area (Å²) in [5.41, 5.74) is 1.41. The summed E-state index contributed by atoms with van der Waals surface area (Å²) in [6.07, 6.45) is 0. The molecule has 0 saturated heterocycles. The monoisotopic (exact) mass is 504 g/mol. The number of aromatic nitrogens is 2. The number of hydrogen-bond donors (Lipinski definition) is 2. The summed E-state index contributed by atoms with van der Waals surface area (Å²) in [4.78, 5) is 24.4. The second kappa shape index (κ2) is 13.1. The molecule has 8 nitrogen and oxygen atoms in total. The summed E-state index contributed by atoms with van der Waals surface area (Å²) < 4.78 is 12.1. The predicted molar refractivity (Wildman–Crippen MR) is 134 cm³/mol. The van der Waals surface area contributed by atoms with E-state index >= 15 is 0 Å². The van der Waals surface area contributed by atoms with E-state index in [9.17, 15) is 9.59 Å². The Morgan fingerprint density at radius 2 is 1.15 bits per heavy atom. The van der Waals surface area contributed by atoms with Crippen LogP contribution in [0.25, 0.3) is 0 Å². The summed E-state index contributed by atoms with van der Waals surface area (Å²) in [5.74, 6) is 1.68. The summed E-state index contributed by atoms with van der Waals surface area (Å²) in [6.45, 7) is 5.03. The number of benzene rings is 2. The summed E-state index contributed by atoms with van der Waals surface area (Å²) in [6, 6.07) is 14.4. The topological polar surface area (TPSA) is 102 Å². The van der Waals surface area contributed by atoms with Crippen LogP contribution in [0, 0.1) is 0 Å². The third kappa shape index (κ3) is 8.60. The number of carbonyl (C=O) groups excluding carboxylic acids is 2. The van der Waals surface area contributed by atoms with E-state index in [1.807, 2.05) is 38.1 Å². The van der Waals surface area contributed by atoms with Gasteiger partial charge in [0.15, 0.2) is 8.68 Å². The van der Waals surface area contributed by atoms with Crippen molar-refractivity contribution < 1.29 is 19.1 Å². The minimum Gasteiger partial charge on any atom is -0.494 e. The molecule has 33 heavy (non-hydrogen) atoms. The van der Waals surface area contributed by atoms with E-state index < -0.39 is 0 Å². The van der Waals surface area contributed by atoms with Crippen LogP contribution in [0.15, 0.2) is 57.2 Å². The van der Waals surface area contributed by atoms with Gasteiger partial charge in [0.25, 0.3) is 0 Å². The van der Waals surface area contributed by atoms with Crippen molar-refractivity contribution >= 4 is 58.0 Å². The molecule has 0 bridgehead atoms. The number of amides is 2. The Kier molecular flexibility index (Phi) is 9.85. The maximum absolute atomic E-state index is 12.2. The first kappa shape index (κ1) is 24.9. The molecular weight excluding hydrogens is 480 g/mol. The zero-order valence-corrected chi connectivity index (χ0v) is 20.6. The summed E-state index contributed by atoms with van der Waals surface area (Å²) >= 11 is 3.96. The Balaban J connectivity index is 1.38. The standard InChI is InChI=1S/C22H24N4O4S3/c1-3-29-17-9-5-15(6-10-17)23-19(27)13-31-21-25-26-22(33-21)32-14-20(28)24-16-7-11-18(12-8-16)30-4-2/h5-12H,3-4,13-14H2,1-2H3,(H,23,27)(H,24,28). The number of nitrogens with zero attached hydrogens (tertiary/aromatic N) is 2. The minimum atomic E-state index is -0.136. The molecule has 0 spiro atoms. The third-order valence-corrected chi connectivity index (χ3v) is 7.13. The number of thioether (sulfide) groups is 2. The second-order valence-electron chi connectivity index (χ2n) is 6.42. The van der Waals surface area contributed by atoms with Crippen molar-refractivity contribution in [1.82, 2.24) is 10.2 Å². The minimum absolute atomic E-state index is 0.136. The zero-order valence-electron chi connectivity index (χ0n) is 18.2. The molecular formula is C22H24N4O4S3. The second-order valence-corrected chi connectivity index (χ2v) is 9.84. The molecule has 0 unspecified atom stereocenters. The van der Waals surface area contributed by atoms with Gasteiger partial charge in [-0.2, -0.15) is 0 Å². The molecule has 2 N–H and O–H groups in total. The van der Waals surface area contributed by atoms with Crippen molar-refractivity contribution in [3.05, 3.63) is 48.5 Å². The molecule has 11 heteroatoms. The molecule has 3 rings (SSSR count). The molecule has 174 valence electrons. The molecule has 0 aliphatic carbocycles. The van der Waals surface area contributed by atoms with Gasteiger partial charge in [-0.25, -0.2) is 0 Å². The fourth-order valence-electron chi connectivity index (χ4n) is 2.56. The van der Waals surface area contributed by atoms with E-state index in [0.717, 1.165) is 11.5 Å². The molecule has 0 radical (unpaired) electrons. The third-order valence-electron chi connectivity index (χ3n) is 3.94. The maximum atomic E-state index is 12.2. The summed E-state index contributed by atoms with van der Waals surface area (Å²) in [7, 11) is 0. The van der Waals surface area contributed by atoms with Crippen molar-refractivity contribution in [1.29, 1.82) is 0 Å². The molecule has 0 aliphatic rings. The van der Waals surface area contributed by atoms with Crippen LogP contribution < -0.4 is 20.1 Å². The van der Waals surface area contributed by atoms with Crippen LogP contribution in [-0.4, -0.2) is 46.7 Å². The van der Waals surface area contributed by atoms with E-state index in [1.54, 1.807) is 24.3 Å². The molecule has 0 fully saturated rings. The van der Waals surface area contributed by atoms with Crippen LogP contribution in [0.4, 0.5) is 11.4 Å². The first-order chi connectivity index (χ1) is 16.1. The van der Waals surface area contributed by atoms with Gasteiger partial charge in [-0.3, -0.25) is 9.59 Å². The van der Waals surface area contributed by atoms with Gasteiger partial charge in [0.2, 0.25) is 11.8 Å². The molecule has 1 aromatic heterocycles. The number of anilines is 2. The van der Waals surface area contributed by atoms with Crippen molar-refractivity contribution in [2.75, 3.05) is 35.4 Å². The average Bonchev–Trinajstić information content (AvgIpc) is 3.27. The van der Waals surface area contributed by atoms with Crippen LogP contribution in [0.5, 0.6) is 11.5 Å². The number of ether oxygens (including phenoxy) is 2. The van der Waals surface area contributed by atoms with Crippen molar-refractivity contribution in [3.8, 4) is 11.5 Å². The Hall–Kier alpha value is -2.76. The van der Waals surface area contributed by atoms with Gasteiger partial charge in [0, 0.05) is 11.4 Å². The SMILES string of the molecule is CCOc1ccc(NC(=O)CSc2nnc(SCC(=O)Nc3ccc(OCC)cc3)s2)cc1. The molecule has 2 amide bonds. The fraction of sp³-hybridized carbons (Fsp3) is 0.273. The molecule has 0 atom stereocenters. The molecule has 0 aliphatic heterocycles. The average molecular weight is 505 g/mol. The zero-order chi connectivity index (χ0) is 23.5. The van der Waals surface area contributed by atoms with E-state index in [4.69, 9.17) is 9.47 Å². The molecule has 0 saturated carbocycles. The van der Waals surface area contributed by atoms with Crippen LogP contribution in [0.2, 0.25) is 0 Å². The number of rotatable bonds is 12. The molecule has 1 heterocycles. The normalized spacial score (nSPS) is 10.5. The van der Waals surface area contributed by atoms with Gasteiger partial charge in [-0.15, -0.1) is 10.2 Å². The lowest BCUT2D eigenvalue weighted by Crippen LogP contribution is -2.13. The smallest absolute Gasteiger partial charge is 0.234 e. The van der Waals surface area contributed by atoms with E-state index in [0.29, 0.717) is 33.3 Å². The van der Waals surface area contributed by atoms with Crippen LogP contribution in [0.3, 0.4) is 0 Å². The molecule has 3 aromatic rings. The van der Waals surface area contributed by atoms with Crippen LogP contribution in [-0.2, 0) is 9.59 Å². The quantitative estimate of drug-likeness (QED) is 0.339. The van der Waals surface area contributed by atoms with E-state index in [-0.39, 0.29) is 23.3 Å². The summed E-state index contributed by atoms with van der Waals surface area (Å²) in [5, 5.41) is 13.8. The van der Waals surface area contributed by atoms with Gasteiger partial charge in [-0.1, -0.05) is 34.9 Å². The number of hydrogen-bond acceptors (Lipinski definition) is 9. The predicted octanol–water partition coefficient (Wildman–Crippen LogP) is 4.80. The lowest BCUT2D eigenvalue weighted by molar-refractivity contribution is -0.114. The Labute approximate surface area is 204 Å². The number of carbonyl (C=O) groups is 2. The maximum Gasteiger partial charge on any atom is 0.234 e. The highest BCUT2D eigenvalue weighted by Gasteiger charge is 2.11. The highest BCUT2D eigenvalue weighted by Crippen LogP contribution is 2.29.